The fourth-order valence-corrected chi connectivity index (χ4v) is 1.37. The van der Waals surface area contributed by atoms with Crippen LogP contribution in [0.3, 0.4) is 0 Å². The molecule has 0 unspecified atom stereocenters. The molecule has 0 aromatic carbocycles. The molecule has 2 aromatic heterocycles. The molecule has 0 fully saturated rings. The second-order valence-corrected chi connectivity index (χ2v) is 3.34. The average Bonchev–Trinajstić information content (AvgIpc) is 2.73. The molecule has 0 saturated heterocycles. The van der Waals surface area contributed by atoms with Crippen LogP contribution in [0.1, 0.15) is 17.1 Å². The van der Waals surface area contributed by atoms with Crippen molar-refractivity contribution in [2.75, 3.05) is 0 Å². The van der Waals surface area contributed by atoms with Gasteiger partial charge in [-0.3, -0.25) is 4.68 Å². The van der Waals surface area contributed by atoms with Gasteiger partial charge < -0.3 is 5.73 Å². The molecule has 0 saturated carbocycles. The summed E-state index contributed by atoms with van der Waals surface area (Å²) in [7, 11) is 1.73. The second-order valence-electron chi connectivity index (χ2n) is 3.34. The van der Waals surface area contributed by atoms with Gasteiger partial charge in [0.15, 0.2) is 5.82 Å². The van der Waals surface area contributed by atoms with E-state index in [1.165, 1.54) is 4.80 Å². The molecule has 0 spiro atoms. The summed E-state index contributed by atoms with van der Waals surface area (Å²) < 4.78 is 1.77. The zero-order valence-corrected chi connectivity index (χ0v) is 8.75. The van der Waals surface area contributed by atoms with Gasteiger partial charge >= 0.3 is 0 Å². The molecule has 80 valence electrons. The van der Waals surface area contributed by atoms with Crippen LogP contribution in [0.15, 0.2) is 6.20 Å². The van der Waals surface area contributed by atoms with Crippen LogP contribution in [0, 0.1) is 6.92 Å². The van der Waals surface area contributed by atoms with E-state index < -0.39 is 0 Å². The van der Waals surface area contributed by atoms with Crippen molar-refractivity contribution in [3.8, 4) is 0 Å². The first-order chi connectivity index (χ1) is 7.19. The summed E-state index contributed by atoms with van der Waals surface area (Å²) in [5.41, 5.74) is 7.55. The number of aromatic nitrogens is 6. The lowest BCUT2D eigenvalue weighted by Crippen LogP contribution is -2.03. The lowest BCUT2D eigenvalue weighted by molar-refractivity contribution is 0.616. The van der Waals surface area contributed by atoms with Gasteiger partial charge in [-0.1, -0.05) is 0 Å². The maximum Gasteiger partial charge on any atom is 0.196 e. The predicted molar refractivity (Wildman–Crippen MR) is 52.8 cm³/mol. The van der Waals surface area contributed by atoms with Crippen molar-refractivity contribution in [2.24, 2.45) is 12.8 Å². The molecule has 7 nitrogen and oxygen atoms in total. The van der Waals surface area contributed by atoms with Crippen molar-refractivity contribution in [3.63, 3.8) is 0 Å². The molecule has 0 atom stereocenters. The van der Waals surface area contributed by atoms with Crippen molar-refractivity contribution in [2.45, 2.75) is 20.0 Å². The standard InChI is InChI=1S/C8H13N7/c1-6-7(3-9)4-15(11-6)5-8-10-13-14(2)12-8/h4H,3,5,9H2,1-2H3. The van der Waals surface area contributed by atoms with E-state index in [0.717, 1.165) is 11.3 Å². The summed E-state index contributed by atoms with van der Waals surface area (Å²) in [6, 6.07) is 0. The van der Waals surface area contributed by atoms with Crippen LogP contribution in [0.5, 0.6) is 0 Å². The molecule has 0 amide bonds. The SMILES string of the molecule is Cc1nn(Cc2nnn(C)n2)cc1CN. The highest BCUT2D eigenvalue weighted by atomic mass is 15.6. The average molecular weight is 207 g/mol. The van der Waals surface area contributed by atoms with E-state index in [9.17, 15) is 0 Å². The van der Waals surface area contributed by atoms with Gasteiger partial charge in [0.2, 0.25) is 0 Å². The zero-order chi connectivity index (χ0) is 10.8. The Bertz CT molecular complexity index is 455. The predicted octanol–water partition coefficient (Wildman–Crippen LogP) is -0.778. The van der Waals surface area contributed by atoms with E-state index in [2.05, 4.69) is 20.5 Å². The van der Waals surface area contributed by atoms with Gasteiger partial charge in [-0.15, -0.1) is 10.2 Å². The number of nitrogens with zero attached hydrogens (tertiary/aromatic N) is 6. The molecule has 2 N–H and O–H groups in total. The summed E-state index contributed by atoms with van der Waals surface area (Å²) >= 11 is 0. The van der Waals surface area contributed by atoms with Crippen molar-refractivity contribution < 1.29 is 0 Å². The molecule has 2 aromatic rings. The lowest BCUT2D eigenvalue weighted by atomic mass is 10.3. The maximum absolute atomic E-state index is 5.56. The summed E-state index contributed by atoms with van der Waals surface area (Å²) in [5, 5.41) is 16.0. The molecule has 2 heterocycles. The van der Waals surface area contributed by atoms with Gasteiger partial charge in [-0.2, -0.15) is 9.90 Å². The smallest absolute Gasteiger partial charge is 0.196 e. The van der Waals surface area contributed by atoms with E-state index >= 15 is 0 Å². The fourth-order valence-electron chi connectivity index (χ4n) is 1.37. The normalized spacial score (nSPS) is 10.9. The number of tetrazole rings is 1. The van der Waals surface area contributed by atoms with Crippen LogP contribution in [0.4, 0.5) is 0 Å². The molecule has 7 heteroatoms. The van der Waals surface area contributed by atoms with Crippen LogP contribution < -0.4 is 5.73 Å². The molecule has 0 aliphatic carbocycles. The minimum absolute atomic E-state index is 0.500. The van der Waals surface area contributed by atoms with Gasteiger partial charge in [0.1, 0.15) is 6.54 Å². The van der Waals surface area contributed by atoms with Gasteiger partial charge in [0.25, 0.3) is 0 Å². The highest BCUT2D eigenvalue weighted by Crippen LogP contribution is 2.04. The number of aryl methyl sites for hydroxylation is 2. The second kappa shape index (κ2) is 3.77. The van der Waals surface area contributed by atoms with Crippen molar-refractivity contribution >= 4 is 0 Å². The minimum Gasteiger partial charge on any atom is -0.326 e. The maximum atomic E-state index is 5.56. The minimum atomic E-state index is 0.500. The molecule has 0 aliphatic rings. The molecular weight excluding hydrogens is 194 g/mol. The number of nitrogens with two attached hydrogens (primary N) is 1. The van der Waals surface area contributed by atoms with Gasteiger partial charge in [0.05, 0.1) is 12.7 Å². The molecule has 15 heavy (non-hydrogen) atoms. The van der Waals surface area contributed by atoms with Crippen molar-refractivity contribution in [1.29, 1.82) is 0 Å². The summed E-state index contributed by atoms with van der Waals surface area (Å²) in [6.07, 6.45) is 1.91. The molecule has 0 aliphatic heterocycles. The summed E-state index contributed by atoms with van der Waals surface area (Å²) in [6.45, 7) is 2.96. The van der Waals surface area contributed by atoms with E-state index in [1.807, 2.05) is 13.1 Å². The van der Waals surface area contributed by atoms with E-state index in [0.29, 0.717) is 18.9 Å². The third-order valence-electron chi connectivity index (χ3n) is 2.12. The van der Waals surface area contributed by atoms with Crippen LogP contribution in [-0.4, -0.2) is 30.0 Å². The van der Waals surface area contributed by atoms with E-state index in [4.69, 9.17) is 5.73 Å². The fraction of sp³-hybridized carbons (Fsp3) is 0.500. The first kappa shape index (κ1) is 9.78. The van der Waals surface area contributed by atoms with Crippen molar-refractivity contribution in [3.05, 3.63) is 23.3 Å². The molecule has 0 radical (unpaired) electrons. The van der Waals surface area contributed by atoms with E-state index in [1.54, 1.807) is 11.7 Å². The zero-order valence-electron chi connectivity index (χ0n) is 8.75. The monoisotopic (exact) mass is 207 g/mol. The Balaban J connectivity index is 2.17. The highest BCUT2D eigenvalue weighted by Gasteiger charge is 2.06. The number of hydrogen-bond donors (Lipinski definition) is 1. The van der Waals surface area contributed by atoms with Gasteiger partial charge in [-0.05, 0) is 12.1 Å². The van der Waals surface area contributed by atoms with Gasteiger partial charge in [0, 0.05) is 18.3 Å². The van der Waals surface area contributed by atoms with Crippen LogP contribution in [0.2, 0.25) is 0 Å². The van der Waals surface area contributed by atoms with E-state index in [-0.39, 0.29) is 0 Å². The Hall–Kier alpha value is -1.76. The Morgan fingerprint density at radius 1 is 1.40 bits per heavy atom. The van der Waals surface area contributed by atoms with Gasteiger partial charge in [-0.25, -0.2) is 0 Å². The topological polar surface area (TPSA) is 87.4 Å². The first-order valence-corrected chi connectivity index (χ1v) is 4.65. The molecule has 0 bridgehead atoms. The third-order valence-corrected chi connectivity index (χ3v) is 2.12. The quantitative estimate of drug-likeness (QED) is 0.713. The Labute approximate surface area is 86.9 Å². The summed E-state index contributed by atoms with van der Waals surface area (Å²) in [4.78, 5) is 1.43. The lowest BCUT2D eigenvalue weighted by Gasteiger charge is -1.93. The number of rotatable bonds is 3. The Kier molecular flexibility index (Phi) is 2.46. The first-order valence-electron chi connectivity index (χ1n) is 4.65. The summed E-state index contributed by atoms with van der Waals surface area (Å²) in [5.74, 6) is 0.642. The molecular formula is C8H13N7. The Morgan fingerprint density at radius 3 is 2.73 bits per heavy atom. The number of hydrogen-bond acceptors (Lipinski definition) is 5. The van der Waals surface area contributed by atoms with Crippen molar-refractivity contribution in [1.82, 2.24) is 30.0 Å². The molecule has 2 rings (SSSR count). The third kappa shape index (κ3) is 2.01. The van der Waals surface area contributed by atoms with Crippen LogP contribution in [-0.2, 0) is 20.1 Å². The Morgan fingerprint density at radius 2 is 2.20 bits per heavy atom. The largest absolute Gasteiger partial charge is 0.326 e. The van der Waals surface area contributed by atoms with Crippen LogP contribution >= 0.6 is 0 Å². The van der Waals surface area contributed by atoms with Crippen LogP contribution in [0.25, 0.3) is 0 Å². The highest BCUT2D eigenvalue weighted by molar-refractivity contribution is 5.14.